The molecule has 2 aliphatic heterocycles. The Morgan fingerprint density at radius 3 is 2.88 bits per heavy atom. The van der Waals surface area contributed by atoms with Crippen molar-refractivity contribution in [2.45, 2.75) is 70.2 Å². The third-order valence-electron chi connectivity index (χ3n) is 6.36. The van der Waals surface area contributed by atoms with Crippen LogP contribution in [0.3, 0.4) is 0 Å². The predicted octanol–water partition coefficient (Wildman–Crippen LogP) is 5.08. The summed E-state index contributed by atoms with van der Waals surface area (Å²) in [4.78, 5) is 5.12. The maximum Gasteiger partial charge on any atom is 0.297 e. The number of nitrogens with one attached hydrogen (secondary N) is 1. The summed E-state index contributed by atoms with van der Waals surface area (Å²) in [6.45, 7) is 6.11. The average Bonchev–Trinajstić information content (AvgIpc) is 3.37. The van der Waals surface area contributed by atoms with E-state index < -0.39 is 18.1 Å². The topological polar surface area (TPSA) is 64.9 Å². The van der Waals surface area contributed by atoms with Gasteiger partial charge in [-0.1, -0.05) is 16.8 Å². The van der Waals surface area contributed by atoms with Crippen molar-refractivity contribution < 1.29 is 13.5 Å². The Hall–Kier alpha value is -1.94. The first-order chi connectivity index (χ1) is 15.6. The quantitative estimate of drug-likeness (QED) is 0.549. The van der Waals surface area contributed by atoms with E-state index in [4.69, 9.17) is 16.3 Å². The molecule has 0 bridgehead atoms. The van der Waals surface area contributed by atoms with Gasteiger partial charge in [0.05, 0.1) is 22.3 Å². The van der Waals surface area contributed by atoms with Gasteiger partial charge in [-0.2, -0.15) is 8.78 Å². The summed E-state index contributed by atoms with van der Waals surface area (Å²) in [5.74, 6) is -3.03. The molecule has 5 rings (SSSR count). The van der Waals surface area contributed by atoms with Crippen LogP contribution in [0, 0.1) is 13.8 Å². The zero-order valence-corrected chi connectivity index (χ0v) is 20.3. The minimum absolute atomic E-state index is 0.00111. The molecule has 3 aromatic rings. The predicted molar refractivity (Wildman–Crippen MR) is 123 cm³/mol. The number of thiophene rings is 1. The number of pyridine rings is 1. The lowest BCUT2D eigenvalue weighted by molar-refractivity contribution is -0.183. The van der Waals surface area contributed by atoms with Crippen molar-refractivity contribution in [2.24, 2.45) is 0 Å². The smallest absolute Gasteiger partial charge is 0.297 e. The number of nitrogens with zero attached hydrogens (tertiary/aromatic N) is 4. The van der Waals surface area contributed by atoms with Crippen LogP contribution in [0.4, 0.5) is 8.78 Å². The zero-order chi connectivity index (χ0) is 23.4. The summed E-state index contributed by atoms with van der Waals surface area (Å²) < 4.78 is 37.1. The van der Waals surface area contributed by atoms with Crippen molar-refractivity contribution in [3.05, 3.63) is 61.8 Å². The van der Waals surface area contributed by atoms with E-state index in [1.807, 2.05) is 24.7 Å². The van der Waals surface area contributed by atoms with Gasteiger partial charge in [0.25, 0.3) is 5.92 Å². The van der Waals surface area contributed by atoms with Crippen LogP contribution in [-0.2, 0) is 29.2 Å². The first-order valence-corrected chi connectivity index (χ1v) is 12.3. The van der Waals surface area contributed by atoms with Gasteiger partial charge in [-0.05, 0) is 51.0 Å². The van der Waals surface area contributed by atoms with Crippen molar-refractivity contribution in [3.63, 3.8) is 0 Å². The highest BCUT2D eigenvalue weighted by Gasteiger charge is 2.53. The molecule has 0 aromatic carbocycles. The van der Waals surface area contributed by atoms with Gasteiger partial charge in [-0.25, -0.2) is 0 Å². The van der Waals surface area contributed by atoms with Gasteiger partial charge in [0.2, 0.25) is 0 Å². The summed E-state index contributed by atoms with van der Waals surface area (Å²) in [6, 6.07) is 5.42. The van der Waals surface area contributed by atoms with Crippen molar-refractivity contribution in [1.29, 1.82) is 0 Å². The third kappa shape index (κ3) is 4.43. The van der Waals surface area contributed by atoms with Crippen LogP contribution in [0.5, 0.6) is 0 Å². The number of aryl methyl sites for hydroxylation is 4. The molecule has 0 saturated carbocycles. The Morgan fingerprint density at radius 2 is 2.09 bits per heavy atom. The fourth-order valence-corrected chi connectivity index (χ4v) is 6.51. The molecule has 3 atom stereocenters. The van der Waals surface area contributed by atoms with E-state index in [2.05, 4.69) is 39.7 Å². The lowest BCUT2D eigenvalue weighted by Crippen LogP contribution is -2.51. The Balaban J connectivity index is 1.36. The van der Waals surface area contributed by atoms with E-state index in [9.17, 15) is 8.78 Å². The van der Waals surface area contributed by atoms with Gasteiger partial charge in [0, 0.05) is 47.3 Å². The molecule has 33 heavy (non-hydrogen) atoms. The number of fused-ring (bicyclic) bond motifs is 2. The maximum absolute atomic E-state index is 14.5. The Kier molecular flexibility index (Phi) is 5.79. The number of alkyl halides is 2. The summed E-state index contributed by atoms with van der Waals surface area (Å²) in [5, 5.41) is 12.2. The minimum Gasteiger partial charge on any atom is -0.363 e. The van der Waals surface area contributed by atoms with E-state index in [0.717, 1.165) is 23.5 Å². The van der Waals surface area contributed by atoms with Crippen LogP contribution in [-0.4, -0.2) is 32.6 Å². The Bertz CT molecular complexity index is 1160. The molecule has 5 heterocycles. The van der Waals surface area contributed by atoms with E-state index in [1.165, 1.54) is 23.0 Å². The first-order valence-electron chi connectivity index (χ1n) is 11.1. The summed E-state index contributed by atoms with van der Waals surface area (Å²) in [5.41, 5.74) is 3.18. The molecule has 1 fully saturated rings. The number of piperidine rings is 1. The lowest BCUT2D eigenvalue weighted by atomic mass is 9.78. The molecule has 0 unspecified atom stereocenters. The highest BCUT2D eigenvalue weighted by Crippen LogP contribution is 2.54. The molecular weight excluding hydrogens is 468 g/mol. The number of hydrogen-bond donors (Lipinski definition) is 1. The number of halogens is 3. The highest BCUT2D eigenvalue weighted by atomic mass is 35.5. The minimum atomic E-state index is -3.03. The fourth-order valence-electron chi connectivity index (χ4n) is 5.07. The molecule has 2 aliphatic rings. The number of aromatic nitrogens is 4. The van der Waals surface area contributed by atoms with Gasteiger partial charge < -0.3 is 10.1 Å². The first kappa shape index (κ1) is 22.8. The number of ether oxygens (including phenoxy) is 1. The monoisotopic (exact) mass is 493 g/mol. The SMILES string of the molecule is Cc1cc(C)nc(CCn2cc([C@@H]3C[C@]4(C[C@H](C)N3)OCC(F)(F)c3cc(Cl)sc34)nn2)c1. The fraction of sp³-hybridized carbons (Fsp3) is 0.522. The van der Waals surface area contributed by atoms with Crippen LogP contribution < -0.4 is 5.32 Å². The van der Waals surface area contributed by atoms with Gasteiger partial charge in [-0.3, -0.25) is 9.67 Å². The van der Waals surface area contributed by atoms with Gasteiger partial charge in [0.1, 0.15) is 12.2 Å². The van der Waals surface area contributed by atoms with E-state index in [-0.39, 0.29) is 17.6 Å². The van der Waals surface area contributed by atoms with Crippen LogP contribution in [0.15, 0.2) is 24.4 Å². The number of hydrogen-bond acceptors (Lipinski definition) is 6. The van der Waals surface area contributed by atoms with Crippen molar-refractivity contribution >= 4 is 22.9 Å². The second-order valence-corrected chi connectivity index (χ2v) is 10.9. The number of rotatable bonds is 4. The van der Waals surface area contributed by atoms with Crippen molar-refractivity contribution in [2.75, 3.05) is 6.61 Å². The molecule has 3 aromatic heterocycles. The van der Waals surface area contributed by atoms with Crippen LogP contribution in [0.25, 0.3) is 0 Å². The molecule has 6 nitrogen and oxygen atoms in total. The molecule has 0 aliphatic carbocycles. The van der Waals surface area contributed by atoms with Gasteiger partial charge >= 0.3 is 0 Å². The molecular formula is C23H26ClF2N5OS. The molecule has 0 radical (unpaired) electrons. The van der Waals surface area contributed by atoms with Gasteiger partial charge in [0.15, 0.2) is 0 Å². The third-order valence-corrected chi connectivity index (χ3v) is 7.81. The molecule has 10 heteroatoms. The van der Waals surface area contributed by atoms with Gasteiger partial charge in [-0.15, -0.1) is 16.4 Å². The second-order valence-electron chi connectivity index (χ2n) is 9.24. The standard InChI is InChI=1S/C23H26ClF2N5OS/c1-13-6-14(2)27-16(7-13)4-5-31-11-19(29-30-31)18-10-22(9-15(3)28-18)21-17(8-20(24)33-21)23(25,26)12-32-22/h6-8,11,15,18,28H,4-5,9-10,12H2,1-3H3/t15-,18-,22-/m0/s1. The normalized spacial score (nSPS) is 26.5. The van der Waals surface area contributed by atoms with E-state index >= 15 is 0 Å². The Labute approximate surface area is 200 Å². The Morgan fingerprint density at radius 1 is 1.27 bits per heavy atom. The summed E-state index contributed by atoms with van der Waals surface area (Å²) in [6.07, 6.45) is 3.76. The van der Waals surface area contributed by atoms with Crippen molar-refractivity contribution in [3.8, 4) is 0 Å². The summed E-state index contributed by atoms with van der Waals surface area (Å²) >= 11 is 7.36. The van der Waals surface area contributed by atoms with Crippen LogP contribution in [0.1, 0.15) is 58.9 Å². The summed E-state index contributed by atoms with van der Waals surface area (Å²) in [7, 11) is 0. The average molecular weight is 494 g/mol. The molecule has 176 valence electrons. The van der Waals surface area contributed by atoms with E-state index in [0.29, 0.717) is 28.6 Å². The molecule has 1 saturated heterocycles. The van der Waals surface area contributed by atoms with Crippen LogP contribution in [0.2, 0.25) is 4.34 Å². The second kappa shape index (κ2) is 8.37. The largest absolute Gasteiger partial charge is 0.363 e. The van der Waals surface area contributed by atoms with Crippen LogP contribution >= 0.6 is 22.9 Å². The molecule has 1 spiro atoms. The molecule has 0 amide bonds. The van der Waals surface area contributed by atoms with Crippen molar-refractivity contribution in [1.82, 2.24) is 25.3 Å². The van der Waals surface area contributed by atoms with E-state index in [1.54, 1.807) is 0 Å². The zero-order valence-electron chi connectivity index (χ0n) is 18.7. The molecule has 1 N–H and O–H groups in total. The lowest BCUT2D eigenvalue weighted by Gasteiger charge is -2.47. The highest BCUT2D eigenvalue weighted by molar-refractivity contribution is 7.16. The maximum atomic E-state index is 14.5.